The lowest BCUT2D eigenvalue weighted by molar-refractivity contribution is 0.406. The van der Waals surface area contributed by atoms with Gasteiger partial charge >= 0.3 is 0 Å². The van der Waals surface area contributed by atoms with Crippen molar-refractivity contribution in [3.8, 4) is 5.75 Å². The Bertz CT molecular complexity index is 576. The van der Waals surface area contributed by atoms with E-state index < -0.39 is 0 Å². The quantitative estimate of drug-likeness (QED) is 0.888. The van der Waals surface area contributed by atoms with Gasteiger partial charge in [0.25, 0.3) is 0 Å². The Morgan fingerprint density at radius 1 is 1.05 bits per heavy atom. The third-order valence-corrected chi connectivity index (χ3v) is 4.10. The van der Waals surface area contributed by atoms with Crippen LogP contribution in [0.4, 0.5) is 0 Å². The molecule has 0 saturated carbocycles. The Hall–Kier alpha value is -1.80. The molecule has 1 N–H and O–H groups in total. The topological polar surface area (TPSA) is 21.3 Å². The Morgan fingerprint density at radius 2 is 1.79 bits per heavy atom. The highest BCUT2D eigenvalue weighted by Gasteiger charge is 2.32. The van der Waals surface area contributed by atoms with Crippen LogP contribution in [0, 0.1) is 0 Å². The first-order valence-electron chi connectivity index (χ1n) is 6.72. The number of hydrogen-bond donors (Lipinski definition) is 1. The van der Waals surface area contributed by atoms with Crippen molar-refractivity contribution in [2.75, 3.05) is 13.7 Å². The average Bonchev–Trinajstić information content (AvgIpc) is 2.48. The highest BCUT2D eigenvalue weighted by Crippen LogP contribution is 2.35. The molecule has 19 heavy (non-hydrogen) atoms. The first-order chi connectivity index (χ1) is 9.24. The van der Waals surface area contributed by atoms with Gasteiger partial charge in [-0.05, 0) is 42.2 Å². The molecule has 1 heterocycles. The number of benzene rings is 2. The van der Waals surface area contributed by atoms with E-state index in [0.29, 0.717) is 0 Å². The third kappa shape index (κ3) is 2.02. The highest BCUT2D eigenvalue weighted by atomic mass is 16.5. The van der Waals surface area contributed by atoms with Crippen LogP contribution in [0.5, 0.6) is 5.75 Å². The number of nitrogens with one attached hydrogen (secondary N) is 1. The summed E-state index contributed by atoms with van der Waals surface area (Å²) in [5.74, 6) is 0.899. The molecule has 0 amide bonds. The van der Waals surface area contributed by atoms with E-state index in [1.165, 1.54) is 16.7 Å². The predicted molar refractivity (Wildman–Crippen MR) is 77.6 cm³/mol. The van der Waals surface area contributed by atoms with Crippen molar-refractivity contribution < 1.29 is 4.74 Å². The van der Waals surface area contributed by atoms with Crippen LogP contribution >= 0.6 is 0 Å². The van der Waals surface area contributed by atoms with Crippen molar-refractivity contribution in [1.82, 2.24) is 5.32 Å². The van der Waals surface area contributed by atoms with Crippen molar-refractivity contribution in [3.05, 3.63) is 65.2 Å². The fourth-order valence-electron chi connectivity index (χ4n) is 2.95. The third-order valence-electron chi connectivity index (χ3n) is 4.10. The van der Waals surface area contributed by atoms with Crippen molar-refractivity contribution in [3.63, 3.8) is 0 Å². The molecule has 2 aromatic carbocycles. The average molecular weight is 253 g/mol. The van der Waals surface area contributed by atoms with E-state index in [0.717, 1.165) is 18.7 Å². The predicted octanol–water partition coefficient (Wildman–Crippen LogP) is 3.10. The lowest BCUT2D eigenvalue weighted by atomic mass is 9.79. The Balaban J connectivity index is 2.07. The molecule has 2 heteroatoms. The number of hydrogen-bond acceptors (Lipinski definition) is 2. The minimum absolute atomic E-state index is 0.110. The molecule has 0 aliphatic carbocycles. The molecule has 1 unspecified atom stereocenters. The van der Waals surface area contributed by atoms with Gasteiger partial charge in [0.1, 0.15) is 5.75 Å². The second-order valence-electron chi connectivity index (χ2n) is 5.19. The monoisotopic (exact) mass is 253 g/mol. The summed E-state index contributed by atoms with van der Waals surface area (Å²) in [4.78, 5) is 0. The first kappa shape index (κ1) is 12.2. The maximum absolute atomic E-state index is 5.24. The summed E-state index contributed by atoms with van der Waals surface area (Å²) in [5.41, 5.74) is 3.99. The number of ether oxygens (including phenoxy) is 1. The highest BCUT2D eigenvalue weighted by molar-refractivity contribution is 5.45. The molecule has 2 aromatic rings. The number of methoxy groups -OCH3 is 1. The van der Waals surface area contributed by atoms with Gasteiger partial charge in [-0.3, -0.25) is 0 Å². The van der Waals surface area contributed by atoms with Crippen LogP contribution < -0.4 is 10.1 Å². The summed E-state index contributed by atoms with van der Waals surface area (Å²) in [5, 5.41) is 3.66. The second-order valence-corrected chi connectivity index (χ2v) is 5.19. The van der Waals surface area contributed by atoms with E-state index in [1.807, 2.05) is 12.1 Å². The Labute approximate surface area is 114 Å². The van der Waals surface area contributed by atoms with Gasteiger partial charge in [-0.2, -0.15) is 0 Å². The summed E-state index contributed by atoms with van der Waals surface area (Å²) in [6.45, 7) is 3.27. The van der Waals surface area contributed by atoms with Gasteiger partial charge in [0.05, 0.1) is 12.6 Å². The van der Waals surface area contributed by atoms with E-state index in [2.05, 4.69) is 48.6 Å². The van der Waals surface area contributed by atoms with Crippen LogP contribution in [0.15, 0.2) is 48.5 Å². The smallest absolute Gasteiger partial charge is 0.118 e. The molecule has 98 valence electrons. The zero-order valence-corrected chi connectivity index (χ0v) is 11.4. The molecular formula is C17H19NO. The van der Waals surface area contributed by atoms with Gasteiger partial charge in [-0.1, -0.05) is 36.4 Å². The Kier molecular flexibility index (Phi) is 3.03. The van der Waals surface area contributed by atoms with Crippen molar-refractivity contribution in [1.29, 1.82) is 0 Å². The molecule has 0 fully saturated rings. The van der Waals surface area contributed by atoms with Gasteiger partial charge in [0.2, 0.25) is 0 Å². The molecule has 1 atom stereocenters. The maximum atomic E-state index is 5.24. The molecule has 2 nitrogen and oxygen atoms in total. The molecular weight excluding hydrogens is 234 g/mol. The first-order valence-corrected chi connectivity index (χ1v) is 6.72. The molecule has 0 bridgehead atoms. The fourth-order valence-corrected chi connectivity index (χ4v) is 2.95. The summed E-state index contributed by atoms with van der Waals surface area (Å²) in [7, 11) is 1.70. The molecule has 0 spiro atoms. The standard InChI is InChI=1S/C17H19NO/c1-17(14-7-9-15(19-2)10-8-14)16-6-4-3-5-13(16)11-12-18-17/h3-10,18H,11-12H2,1-2H3. The van der Waals surface area contributed by atoms with E-state index in [-0.39, 0.29) is 5.54 Å². The summed E-state index contributed by atoms with van der Waals surface area (Å²) in [6, 6.07) is 17.1. The van der Waals surface area contributed by atoms with Crippen LogP contribution in [0.3, 0.4) is 0 Å². The largest absolute Gasteiger partial charge is 0.497 e. The number of fused-ring (bicyclic) bond motifs is 1. The van der Waals surface area contributed by atoms with Crippen LogP contribution in [0.25, 0.3) is 0 Å². The zero-order valence-electron chi connectivity index (χ0n) is 11.4. The van der Waals surface area contributed by atoms with E-state index in [1.54, 1.807) is 7.11 Å². The molecule has 1 aliphatic rings. The lowest BCUT2D eigenvalue weighted by Gasteiger charge is -2.38. The number of rotatable bonds is 2. The second kappa shape index (κ2) is 4.71. The van der Waals surface area contributed by atoms with Gasteiger partial charge in [0.15, 0.2) is 0 Å². The Morgan fingerprint density at radius 3 is 2.53 bits per heavy atom. The normalized spacial score (nSPS) is 21.8. The zero-order chi connectivity index (χ0) is 13.3. The van der Waals surface area contributed by atoms with E-state index in [9.17, 15) is 0 Å². The molecule has 0 radical (unpaired) electrons. The molecule has 0 aromatic heterocycles. The maximum Gasteiger partial charge on any atom is 0.118 e. The van der Waals surface area contributed by atoms with Crippen LogP contribution in [0.2, 0.25) is 0 Å². The van der Waals surface area contributed by atoms with Gasteiger partial charge in [0, 0.05) is 6.54 Å². The minimum Gasteiger partial charge on any atom is -0.497 e. The van der Waals surface area contributed by atoms with Crippen molar-refractivity contribution in [2.24, 2.45) is 0 Å². The van der Waals surface area contributed by atoms with Crippen molar-refractivity contribution >= 4 is 0 Å². The van der Waals surface area contributed by atoms with Gasteiger partial charge in [-0.15, -0.1) is 0 Å². The lowest BCUT2D eigenvalue weighted by Crippen LogP contribution is -2.45. The SMILES string of the molecule is COc1ccc(C2(C)NCCc3ccccc32)cc1. The van der Waals surface area contributed by atoms with E-state index in [4.69, 9.17) is 4.74 Å². The van der Waals surface area contributed by atoms with E-state index >= 15 is 0 Å². The molecule has 1 aliphatic heterocycles. The molecule has 0 saturated heterocycles. The van der Waals surface area contributed by atoms with Crippen LogP contribution in [-0.2, 0) is 12.0 Å². The van der Waals surface area contributed by atoms with Gasteiger partial charge in [-0.25, -0.2) is 0 Å². The van der Waals surface area contributed by atoms with Gasteiger partial charge < -0.3 is 10.1 Å². The fraction of sp³-hybridized carbons (Fsp3) is 0.294. The summed E-state index contributed by atoms with van der Waals surface area (Å²) < 4.78 is 5.24. The van der Waals surface area contributed by atoms with Crippen LogP contribution in [-0.4, -0.2) is 13.7 Å². The summed E-state index contributed by atoms with van der Waals surface area (Å²) >= 11 is 0. The van der Waals surface area contributed by atoms with Crippen molar-refractivity contribution in [2.45, 2.75) is 18.9 Å². The summed E-state index contributed by atoms with van der Waals surface area (Å²) in [6.07, 6.45) is 1.10. The minimum atomic E-state index is -0.110. The molecule has 3 rings (SSSR count). The van der Waals surface area contributed by atoms with Crippen LogP contribution in [0.1, 0.15) is 23.6 Å².